The van der Waals surface area contributed by atoms with Crippen LogP contribution in [0.3, 0.4) is 0 Å². The van der Waals surface area contributed by atoms with E-state index >= 15 is 0 Å². The number of methoxy groups -OCH3 is 1. The molecule has 0 N–H and O–H groups in total. The second-order valence-corrected chi connectivity index (χ2v) is 5.66. The smallest absolute Gasteiger partial charge is 0.383 e. The molecular formula is C15H21F3N2O. The molecule has 0 radical (unpaired) electrons. The highest BCUT2D eigenvalue weighted by Gasteiger charge is 2.32. The minimum atomic E-state index is -4.34. The molecule has 2 rings (SSSR count). The molecule has 1 heterocycles. The molecule has 1 saturated carbocycles. The quantitative estimate of drug-likeness (QED) is 0.828. The van der Waals surface area contributed by atoms with Crippen molar-refractivity contribution in [2.45, 2.75) is 38.4 Å². The Bertz CT molecular complexity index is 447. The number of ether oxygens (including phenoxy) is 1. The van der Waals surface area contributed by atoms with Gasteiger partial charge in [0.2, 0.25) is 0 Å². The van der Waals surface area contributed by atoms with Crippen LogP contribution >= 0.6 is 0 Å². The van der Waals surface area contributed by atoms with Gasteiger partial charge in [-0.05, 0) is 37.3 Å². The van der Waals surface area contributed by atoms with Crippen LogP contribution in [0, 0.1) is 5.92 Å². The first-order chi connectivity index (χ1) is 9.91. The van der Waals surface area contributed by atoms with Gasteiger partial charge in [0.25, 0.3) is 0 Å². The molecular weight excluding hydrogens is 281 g/mol. The fourth-order valence-corrected chi connectivity index (χ4v) is 2.86. The largest absolute Gasteiger partial charge is 0.417 e. The predicted molar refractivity (Wildman–Crippen MR) is 75.3 cm³/mol. The summed E-state index contributed by atoms with van der Waals surface area (Å²) in [7, 11) is 1.62. The van der Waals surface area contributed by atoms with Crippen molar-refractivity contribution in [1.82, 2.24) is 4.98 Å². The van der Waals surface area contributed by atoms with Crippen molar-refractivity contribution in [3.8, 4) is 0 Å². The Kier molecular flexibility index (Phi) is 5.08. The lowest BCUT2D eigenvalue weighted by Gasteiger charge is -2.30. The third-order valence-electron chi connectivity index (χ3n) is 4.01. The van der Waals surface area contributed by atoms with Crippen molar-refractivity contribution in [3.05, 3.63) is 23.9 Å². The van der Waals surface area contributed by atoms with Crippen LogP contribution in [-0.2, 0) is 10.9 Å². The molecule has 118 valence electrons. The monoisotopic (exact) mass is 302 g/mol. The Morgan fingerprint density at radius 1 is 1.33 bits per heavy atom. The summed E-state index contributed by atoms with van der Waals surface area (Å²) in [6, 6.07) is 2.89. The van der Waals surface area contributed by atoms with E-state index in [1.807, 2.05) is 0 Å². The van der Waals surface area contributed by atoms with Gasteiger partial charge in [0.15, 0.2) is 0 Å². The molecule has 2 unspecified atom stereocenters. The number of alkyl halides is 3. The van der Waals surface area contributed by atoms with Crippen molar-refractivity contribution >= 4 is 5.82 Å². The Morgan fingerprint density at radius 3 is 2.57 bits per heavy atom. The van der Waals surface area contributed by atoms with Crippen LogP contribution in [-0.4, -0.2) is 31.3 Å². The number of rotatable bonds is 5. The highest BCUT2D eigenvalue weighted by Crippen LogP contribution is 2.33. The van der Waals surface area contributed by atoms with Gasteiger partial charge in [0, 0.05) is 25.9 Å². The SMILES string of the molecule is COCCN(c1ccc(C(F)(F)F)cn1)C1CCC(C)C1. The highest BCUT2D eigenvalue weighted by molar-refractivity contribution is 5.41. The van der Waals surface area contributed by atoms with Crippen molar-refractivity contribution in [1.29, 1.82) is 0 Å². The molecule has 0 amide bonds. The summed E-state index contributed by atoms with van der Waals surface area (Å²) in [5.74, 6) is 1.24. The van der Waals surface area contributed by atoms with E-state index in [1.165, 1.54) is 6.07 Å². The first kappa shape index (κ1) is 16.1. The third-order valence-corrected chi connectivity index (χ3v) is 4.01. The molecule has 1 aliphatic rings. The predicted octanol–water partition coefficient (Wildman–Crippen LogP) is 3.74. The van der Waals surface area contributed by atoms with E-state index in [-0.39, 0.29) is 0 Å². The van der Waals surface area contributed by atoms with Crippen LogP contribution in [0.5, 0.6) is 0 Å². The van der Waals surface area contributed by atoms with Crippen molar-refractivity contribution in [2.24, 2.45) is 5.92 Å². The summed E-state index contributed by atoms with van der Waals surface area (Å²) in [4.78, 5) is 6.09. The minimum Gasteiger partial charge on any atom is -0.383 e. The molecule has 2 atom stereocenters. The van der Waals surface area contributed by atoms with Gasteiger partial charge in [-0.2, -0.15) is 13.2 Å². The second-order valence-electron chi connectivity index (χ2n) is 5.66. The lowest BCUT2D eigenvalue weighted by atomic mass is 10.1. The van der Waals surface area contributed by atoms with Crippen molar-refractivity contribution < 1.29 is 17.9 Å². The molecule has 0 spiro atoms. The maximum absolute atomic E-state index is 12.6. The maximum atomic E-state index is 12.6. The van der Waals surface area contributed by atoms with Crippen molar-refractivity contribution in [3.63, 3.8) is 0 Å². The lowest BCUT2D eigenvalue weighted by Crippen LogP contribution is -2.37. The normalized spacial score (nSPS) is 22.5. The van der Waals surface area contributed by atoms with Crippen LogP contribution in [0.4, 0.5) is 19.0 Å². The van der Waals surface area contributed by atoms with E-state index in [9.17, 15) is 13.2 Å². The van der Waals surface area contributed by atoms with Crippen LogP contribution in [0.15, 0.2) is 18.3 Å². The van der Waals surface area contributed by atoms with Crippen LogP contribution < -0.4 is 4.90 Å². The summed E-state index contributed by atoms with van der Waals surface area (Å²) in [5, 5.41) is 0. The van der Waals surface area contributed by atoms with E-state index in [4.69, 9.17) is 4.74 Å². The van der Waals surface area contributed by atoms with Gasteiger partial charge < -0.3 is 9.64 Å². The average Bonchev–Trinajstić information content (AvgIpc) is 2.85. The Hall–Kier alpha value is -1.30. The molecule has 1 aliphatic carbocycles. The Balaban J connectivity index is 2.16. The number of anilines is 1. The zero-order chi connectivity index (χ0) is 15.5. The van der Waals surface area contributed by atoms with Gasteiger partial charge in [-0.15, -0.1) is 0 Å². The molecule has 0 aromatic carbocycles. The molecule has 0 bridgehead atoms. The number of halogens is 3. The van der Waals surface area contributed by atoms with Gasteiger partial charge in [0.05, 0.1) is 12.2 Å². The van der Waals surface area contributed by atoms with Gasteiger partial charge in [-0.3, -0.25) is 0 Å². The first-order valence-electron chi connectivity index (χ1n) is 7.20. The number of hydrogen-bond donors (Lipinski definition) is 0. The number of hydrogen-bond acceptors (Lipinski definition) is 3. The number of aromatic nitrogens is 1. The average molecular weight is 302 g/mol. The van der Waals surface area contributed by atoms with Crippen LogP contribution in [0.25, 0.3) is 0 Å². The summed E-state index contributed by atoms with van der Waals surface area (Å²) >= 11 is 0. The Labute approximate surface area is 123 Å². The maximum Gasteiger partial charge on any atom is 0.417 e. The summed E-state index contributed by atoms with van der Waals surface area (Å²) in [5.41, 5.74) is -0.710. The molecule has 3 nitrogen and oxygen atoms in total. The summed E-state index contributed by atoms with van der Waals surface area (Å²) in [6.07, 6.45) is -0.187. The van der Waals surface area contributed by atoms with E-state index in [2.05, 4.69) is 16.8 Å². The topological polar surface area (TPSA) is 25.4 Å². The Morgan fingerprint density at radius 2 is 2.10 bits per heavy atom. The third kappa shape index (κ3) is 4.09. The number of pyridine rings is 1. The second kappa shape index (κ2) is 6.64. The van der Waals surface area contributed by atoms with Crippen LogP contribution in [0.2, 0.25) is 0 Å². The van der Waals surface area contributed by atoms with Crippen molar-refractivity contribution in [2.75, 3.05) is 25.2 Å². The van der Waals surface area contributed by atoms with E-state index in [0.717, 1.165) is 31.5 Å². The lowest BCUT2D eigenvalue weighted by molar-refractivity contribution is -0.137. The fourth-order valence-electron chi connectivity index (χ4n) is 2.86. The minimum absolute atomic E-state index is 0.333. The molecule has 21 heavy (non-hydrogen) atoms. The summed E-state index contributed by atoms with van der Waals surface area (Å²) in [6.45, 7) is 3.38. The number of nitrogens with zero attached hydrogens (tertiary/aromatic N) is 2. The summed E-state index contributed by atoms with van der Waals surface area (Å²) < 4.78 is 42.9. The van der Waals surface area contributed by atoms with Crippen LogP contribution in [0.1, 0.15) is 31.7 Å². The van der Waals surface area contributed by atoms with E-state index < -0.39 is 11.7 Å². The molecule has 0 aliphatic heterocycles. The molecule has 1 fully saturated rings. The fraction of sp³-hybridized carbons (Fsp3) is 0.667. The zero-order valence-corrected chi connectivity index (χ0v) is 12.4. The van der Waals surface area contributed by atoms with Gasteiger partial charge >= 0.3 is 6.18 Å². The first-order valence-corrected chi connectivity index (χ1v) is 7.20. The van der Waals surface area contributed by atoms with E-state index in [1.54, 1.807) is 7.11 Å². The molecule has 6 heteroatoms. The van der Waals surface area contributed by atoms with Gasteiger partial charge in [-0.1, -0.05) is 6.92 Å². The highest BCUT2D eigenvalue weighted by atomic mass is 19.4. The standard InChI is InChI=1S/C15H21F3N2O/c1-11-3-5-13(9-11)20(7-8-21-2)14-6-4-12(10-19-14)15(16,17)18/h4,6,10-11,13H,3,5,7-9H2,1-2H3. The molecule has 1 aromatic rings. The molecule has 1 aromatic heterocycles. The zero-order valence-electron chi connectivity index (χ0n) is 12.4. The van der Waals surface area contributed by atoms with E-state index in [0.29, 0.717) is 30.9 Å². The van der Waals surface area contributed by atoms with Gasteiger partial charge in [-0.25, -0.2) is 4.98 Å². The van der Waals surface area contributed by atoms with Gasteiger partial charge in [0.1, 0.15) is 5.82 Å². The molecule has 0 saturated heterocycles.